The molecule has 26 heavy (non-hydrogen) atoms. The molecule has 0 spiro atoms. The fourth-order valence-corrected chi connectivity index (χ4v) is 3.80. The van der Waals surface area contributed by atoms with Crippen molar-refractivity contribution in [1.82, 2.24) is 25.0 Å². The van der Waals surface area contributed by atoms with E-state index in [0.29, 0.717) is 25.1 Å². The Morgan fingerprint density at radius 2 is 2.19 bits per heavy atom. The fraction of sp³-hybridized carbons (Fsp3) is 0.556. The lowest BCUT2D eigenvalue weighted by atomic mass is 9.85. The van der Waals surface area contributed by atoms with E-state index in [1.165, 1.54) is 6.39 Å². The first-order chi connectivity index (χ1) is 12.6. The van der Waals surface area contributed by atoms with E-state index >= 15 is 0 Å². The number of piperidine rings is 1. The van der Waals surface area contributed by atoms with Crippen LogP contribution in [-0.2, 0) is 23.2 Å². The van der Waals surface area contributed by atoms with Gasteiger partial charge in [0.05, 0.1) is 24.2 Å². The Balaban J connectivity index is 1.58. The molecule has 0 bridgehead atoms. The zero-order valence-corrected chi connectivity index (χ0v) is 15.0. The van der Waals surface area contributed by atoms with Crippen LogP contribution in [0.5, 0.6) is 0 Å². The second kappa shape index (κ2) is 6.59. The van der Waals surface area contributed by atoms with Crippen LogP contribution in [0.4, 0.5) is 0 Å². The number of amides is 2. The largest absolute Gasteiger partial charge is 0.448 e. The van der Waals surface area contributed by atoms with Crippen molar-refractivity contribution >= 4 is 11.8 Å². The Labute approximate surface area is 151 Å². The third-order valence-corrected chi connectivity index (χ3v) is 5.35. The molecule has 2 amide bonds. The minimum absolute atomic E-state index is 0.0586. The summed E-state index contributed by atoms with van der Waals surface area (Å²) in [5.74, 6) is 0.481. The number of rotatable bonds is 5. The number of nitrogens with zero attached hydrogens (tertiary/aromatic N) is 4. The van der Waals surface area contributed by atoms with Gasteiger partial charge >= 0.3 is 0 Å². The van der Waals surface area contributed by atoms with Gasteiger partial charge in [0.2, 0.25) is 11.8 Å². The highest BCUT2D eigenvalue weighted by Gasteiger charge is 2.47. The van der Waals surface area contributed by atoms with E-state index in [-0.39, 0.29) is 29.8 Å². The maximum absolute atomic E-state index is 13.0. The predicted octanol–water partition coefficient (Wildman–Crippen LogP) is 1.48. The molecule has 2 atom stereocenters. The van der Waals surface area contributed by atoms with Crippen LogP contribution in [0.3, 0.4) is 0 Å². The molecule has 1 aliphatic heterocycles. The zero-order chi connectivity index (χ0) is 18.3. The summed E-state index contributed by atoms with van der Waals surface area (Å²) in [6, 6.07) is 1.88. The van der Waals surface area contributed by atoms with E-state index in [2.05, 4.69) is 15.4 Å². The number of carbonyl (C=O) groups excluding carboxylic acids is 2. The Morgan fingerprint density at radius 1 is 1.38 bits per heavy atom. The molecule has 8 nitrogen and oxygen atoms in total. The van der Waals surface area contributed by atoms with Crippen LogP contribution in [0.1, 0.15) is 48.9 Å². The number of aryl methyl sites for hydroxylation is 2. The molecule has 2 aromatic heterocycles. The first-order valence-corrected chi connectivity index (χ1v) is 9.02. The third kappa shape index (κ3) is 3.00. The Bertz CT molecular complexity index is 822. The maximum atomic E-state index is 13.0. The summed E-state index contributed by atoms with van der Waals surface area (Å²) < 4.78 is 6.95. The van der Waals surface area contributed by atoms with Gasteiger partial charge in [-0.25, -0.2) is 4.98 Å². The highest BCUT2D eigenvalue weighted by atomic mass is 16.3. The van der Waals surface area contributed by atoms with Crippen LogP contribution in [0.15, 0.2) is 23.1 Å². The summed E-state index contributed by atoms with van der Waals surface area (Å²) in [5.41, 5.74) is 1.63. The predicted molar refractivity (Wildman–Crippen MR) is 91.6 cm³/mol. The number of hydrogen-bond donors (Lipinski definition) is 1. The molecule has 1 aliphatic carbocycles. The van der Waals surface area contributed by atoms with E-state index in [9.17, 15) is 9.59 Å². The summed E-state index contributed by atoms with van der Waals surface area (Å²) >= 11 is 0. The Morgan fingerprint density at radius 3 is 2.81 bits per heavy atom. The first-order valence-electron chi connectivity index (χ1n) is 9.02. The normalized spacial score (nSPS) is 23.3. The van der Waals surface area contributed by atoms with Crippen LogP contribution in [0, 0.1) is 12.8 Å². The summed E-state index contributed by atoms with van der Waals surface area (Å²) in [7, 11) is 1.85. The molecule has 1 N–H and O–H groups in total. The molecule has 138 valence electrons. The fourth-order valence-electron chi connectivity index (χ4n) is 3.80. The van der Waals surface area contributed by atoms with Crippen LogP contribution in [0.25, 0.3) is 0 Å². The minimum Gasteiger partial charge on any atom is -0.448 e. The molecule has 0 unspecified atom stereocenters. The molecule has 4 rings (SSSR count). The number of aromatic nitrogens is 3. The van der Waals surface area contributed by atoms with Gasteiger partial charge in [-0.2, -0.15) is 5.10 Å². The summed E-state index contributed by atoms with van der Waals surface area (Å²) in [4.78, 5) is 31.6. The molecule has 1 saturated heterocycles. The second-order valence-electron chi connectivity index (χ2n) is 7.07. The van der Waals surface area contributed by atoms with Crippen molar-refractivity contribution in [3.8, 4) is 0 Å². The van der Waals surface area contributed by atoms with Gasteiger partial charge in [-0.3, -0.25) is 14.3 Å². The smallest absolute Gasteiger partial charge is 0.225 e. The van der Waals surface area contributed by atoms with E-state index in [4.69, 9.17) is 4.42 Å². The lowest BCUT2D eigenvalue weighted by Crippen LogP contribution is -2.49. The summed E-state index contributed by atoms with van der Waals surface area (Å²) in [6.07, 6.45) is 6.06. The first kappa shape index (κ1) is 16.8. The van der Waals surface area contributed by atoms with Crippen molar-refractivity contribution in [2.24, 2.45) is 13.0 Å². The highest BCUT2D eigenvalue weighted by Crippen LogP contribution is 2.43. The maximum Gasteiger partial charge on any atom is 0.225 e. The van der Waals surface area contributed by atoms with Gasteiger partial charge in [-0.15, -0.1) is 0 Å². The van der Waals surface area contributed by atoms with Crippen LogP contribution in [0.2, 0.25) is 0 Å². The van der Waals surface area contributed by atoms with Gasteiger partial charge < -0.3 is 14.6 Å². The van der Waals surface area contributed by atoms with Crippen molar-refractivity contribution in [1.29, 1.82) is 0 Å². The average Bonchev–Trinajstić information content (AvgIpc) is 3.24. The van der Waals surface area contributed by atoms with E-state index in [1.807, 2.05) is 24.9 Å². The number of likely N-dealkylation sites (tertiary alicyclic amines) is 1. The number of oxazole rings is 1. The zero-order valence-electron chi connectivity index (χ0n) is 15.0. The topological polar surface area (TPSA) is 93.3 Å². The lowest BCUT2D eigenvalue weighted by molar-refractivity contribution is -0.144. The monoisotopic (exact) mass is 357 g/mol. The van der Waals surface area contributed by atoms with Gasteiger partial charge in [-0.1, -0.05) is 0 Å². The van der Waals surface area contributed by atoms with E-state index < -0.39 is 0 Å². The van der Waals surface area contributed by atoms with Crippen LogP contribution >= 0.6 is 0 Å². The third-order valence-electron chi connectivity index (χ3n) is 5.35. The van der Waals surface area contributed by atoms with Crippen molar-refractivity contribution in [2.45, 2.75) is 51.2 Å². The molecule has 2 fully saturated rings. The Kier molecular flexibility index (Phi) is 4.26. The second-order valence-corrected chi connectivity index (χ2v) is 7.07. The molecule has 2 aromatic rings. The van der Waals surface area contributed by atoms with Crippen molar-refractivity contribution < 1.29 is 14.0 Å². The van der Waals surface area contributed by atoms with Crippen molar-refractivity contribution in [2.75, 3.05) is 0 Å². The van der Waals surface area contributed by atoms with Crippen LogP contribution in [-0.4, -0.2) is 37.5 Å². The molecule has 2 aliphatic rings. The number of hydrogen-bond acceptors (Lipinski definition) is 5. The lowest BCUT2D eigenvalue weighted by Gasteiger charge is -2.40. The van der Waals surface area contributed by atoms with Gasteiger partial charge in [0.15, 0.2) is 6.39 Å². The van der Waals surface area contributed by atoms with Crippen molar-refractivity contribution in [3.63, 3.8) is 0 Å². The van der Waals surface area contributed by atoms with Crippen molar-refractivity contribution in [3.05, 3.63) is 35.8 Å². The number of nitrogens with one attached hydrogen (secondary N) is 1. The van der Waals surface area contributed by atoms with Gasteiger partial charge in [0.1, 0.15) is 11.5 Å². The molecular weight excluding hydrogens is 334 g/mol. The van der Waals surface area contributed by atoms with E-state index in [1.54, 1.807) is 10.9 Å². The molecule has 1 saturated carbocycles. The van der Waals surface area contributed by atoms with E-state index in [0.717, 1.165) is 24.2 Å². The van der Waals surface area contributed by atoms with Gasteiger partial charge in [0, 0.05) is 25.7 Å². The SMILES string of the molecule is Cc1ocnc1CNC(=O)[C@H]1CCC(=O)N(C2CC2)[C@@H]1c1ccnn1C. The highest BCUT2D eigenvalue weighted by molar-refractivity contribution is 5.85. The standard InChI is InChI=1S/C18H23N5O3/c1-11-14(20-10-26-11)9-19-18(25)13-5-6-16(24)23(12-3-4-12)17(13)15-7-8-21-22(15)2/h7-8,10,12-13,17H,3-6,9H2,1-2H3,(H,19,25)/t13-,17-/m0/s1. The quantitative estimate of drug-likeness (QED) is 0.875. The minimum atomic E-state index is -0.295. The summed E-state index contributed by atoms with van der Waals surface area (Å²) in [6.45, 7) is 2.15. The van der Waals surface area contributed by atoms with Gasteiger partial charge in [-0.05, 0) is 32.3 Å². The molecule has 3 heterocycles. The Hall–Kier alpha value is -2.64. The molecular formula is C18H23N5O3. The average molecular weight is 357 g/mol. The molecule has 0 aromatic carbocycles. The number of carbonyl (C=O) groups is 2. The van der Waals surface area contributed by atoms with Crippen LogP contribution < -0.4 is 5.32 Å². The molecule has 0 radical (unpaired) electrons. The van der Waals surface area contributed by atoms with Gasteiger partial charge in [0.25, 0.3) is 0 Å². The summed E-state index contributed by atoms with van der Waals surface area (Å²) in [5, 5.41) is 7.22. The molecule has 8 heteroatoms.